The molecule has 1 amide bonds. The normalized spacial score (nSPS) is 9.22. The predicted molar refractivity (Wildman–Crippen MR) is 33.9 cm³/mol. The van der Waals surface area contributed by atoms with Crippen LogP contribution in [0.5, 0.6) is 0 Å². The molecule has 0 saturated heterocycles. The van der Waals surface area contributed by atoms with Gasteiger partial charge < -0.3 is 5.32 Å². The van der Waals surface area contributed by atoms with E-state index in [0.717, 1.165) is 0 Å². The molecule has 0 fully saturated rings. The second-order valence-corrected chi connectivity index (χ2v) is 2.12. The van der Waals surface area contributed by atoms with Crippen LogP contribution in [-0.2, 0) is 9.59 Å². The average Bonchev–Trinajstić information content (AvgIpc) is 1.82. The molecule has 0 aliphatic rings. The van der Waals surface area contributed by atoms with Crippen molar-refractivity contribution >= 4 is 12.2 Å². The molecule has 1 N–H and O–H groups in total. The third-order valence-electron chi connectivity index (χ3n) is 1.00. The van der Waals surface area contributed by atoms with Crippen LogP contribution in [0, 0.1) is 5.92 Å². The summed E-state index contributed by atoms with van der Waals surface area (Å²) in [5, 5.41) is 2.30. The van der Waals surface area contributed by atoms with Gasteiger partial charge in [-0.25, -0.2) is 0 Å². The Kier molecular flexibility index (Phi) is 3.67. The summed E-state index contributed by atoms with van der Waals surface area (Å²) in [6, 6.07) is 0. The molecule has 0 unspecified atom stereocenters. The van der Waals surface area contributed by atoms with Crippen molar-refractivity contribution in [1.29, 1.82) is 0 Å². The third-order valence-corrected chi connectivity index (χ3v) is 1.00. The van der Waals surface area contributed by atoms with Crippen molar-refractivity contribution < 1.29 is 9.59 Å². The van der Waals surface area contributed by atoms with Gasteiger partial charge in [0, 0.05) is 5.92 Å². The lowest BCUT2D eigenvalue weighted by atomic mass is 10.1. The first-order valence-corrected chi connectivity index (χ1v) is 2.88. The fraction of sp³-hybridized carbons (Fsp3) is 0.667. The van der Waals surface area contributed by atoms with E-state index in [1.807, 2.05) is 0 Å². The lowest BCUT2D eigenvalue weighted by Crippen LogP contribution is -2.24. The second-order valence-electron chi connectivity index (χ2n) is 2.12. The number of hydrogen-bond donors (Lipinski definition) is 1. The summed E-state index contributed by atoms with van der Waals surface area (Å²) in [5.41, 5.74) is 0. The minimum Gasteiger partial charge on any atom is -0.352 e. The number of amides is 1. The van der Waals surface area contributed by atoms with Crippen molar-refractivity contribution in [3.05, 3.63) is 0 Å². The van der Waals surface area contributed by atoms with Gasteiger partial charge in [0.25, 0.3) is 0 Å². The van der Waals surface area contributed by atoms with Crippen LogP contribution < -0.4 is 5.32 Å². The highest BCUT2D eigenvalue weighted by molar-refractivity contribution is 5.83. The molecule has 0 spiro atoms. The molecule has 0 aromatic rings. The number of nitrogens with one attached hydrogen (secondary N) is 1. The molecule has 52 valence electrons. The summed E-state index contributed by atoms with van der Waals surface area (Å²) in [6.07, 6.45) is 0.528. The van der Waals surface area contributed by atoms with Crippen molar-refractivity contribution in [1.82, 2.24) is 5.32 Å². The fourth-order valence-electron chi connectivity index (χ4n) is 0.346. The van der Waals surface area contributed by atoms with Crippen molar-refractivity contribution in [3.8, 4) is 0 Å². The minimum absolute atomic E-state index is 0.0115. The van der Waals surface area contributed by atoms with Crippen LogP contribution in [0.2, 0.25) is 0 Å². The molecule has 9 heavy (non-hydrogen) atoms. The van der Waals surface area contributed by atoms with E-state index in [1.54, 1.807) is 13.8 Å². The Balaban J connectivity index is 3.38. The summed E-state index contributed by atoms with van der Waals surface area (Å²) in [4.78, 5) is 20.3. The predicted octanol–water partition coefficient (Wildman–Crippen LogP) is -0.0425. The van der Waals surface area contributed by atoms with Gasteiger partial charge >= 0.3 is 0 Å². The zero-order valence-corrected chi connectivity index (χ0v) is 5.68. The number of carbonyl (C=O) groups is 2. The molecule has 0 radical (unpaired) electrons. The van der Waals surface area contributed by atoms with Gasteiger partial charge in [-0.1, -0.05) is 13.8 Å². The molecular weight excluding hydrogens is 118 g/mol. The molecule has 0 aliphatic carbocycles. The van der Waals surface area contributed by atoms with Gasteiger partial charge in [0.15, 0.2) is 5.78 Å². The number of Topliss-reactive ketones (excluding diaryl/α,β-unsaturated/α-hetero) is 1. The van der Waals surface area contributed by atoms with Gasteiger partial charge in [-0.2, -0.15) is 0 Å². The maximum absolute atomic E-state index is 10.7. The van der Waals surface area contributed by atoms with Crippen molar-refractivity contribution in [2.24, 2.45) is 5.92 Å². The maximum atomic E-state index is 10.7. The Morgan fingerprint density at radius 3 is 2.56 bits per heavy atom. The monoisotopic (exact) mass is 129 g/mol. The van der Waals surface area contributed by atoms with E-state index in [1.165, 1.54) is 0 Å². The molecule has 3 nitrogen and oxygen atoms in total. The summed E-state index contributed by atoms with van der Waals surface area (Å²) >= 11 is 0. The SMILES string of the molecule is CC(C)C(=O)CNC=O. The number of rotatable bonds is 4. The van der Waals surface area contributed by atoms with Gasteiger partial charge in [0.1, 0.15) is 0 Å². The Morgan fingerprint density at radius 1 is 1.67 bits per heavy atom. The molecular formula is C6H11NO2. The van der Waals surface area contributed by atoms with Crippen molar-refractivity contribution in [2.45, 2.75) is 13.8 Å². The zero-order chi connectivity index (χ0) is 7.28. The van der Waals surface area contributed by atoms with Gasteiger partial charge in [-0.3, -0.25) is 9.59 Å². The first-order valence-electron chi connectivity index (χ1n) is 2.88. The number of ketones is 1. The van der Waals surface area contributed by atoms with E-state index >= 15 is 0 Å². The molecule has 0 bridgehead atoms. The molecule has 0 heterocycles. The highest BCUT2D eigenvalue weighted by atomic mass is 16.1. The molecule has 3 heteroatoms. The largest absolute Gasteiger partial charge is 0.352 e. The standard InChI is InChI=1S/C6H11NO2/c1-5(2)6(9)3-7-4-8/h4-5H,3H2,1-2H3,(H,7,8). The van der Waals surface area contributed by atoms with Crippen LogP contribution >= 0.6 is 0 Å². The van der Waals surface area contributed by atoms with E-state index in [2.05, 4.69) is 5.32 Å². The smallest absolute Gasteiger partial charge is 0.207 e. The van der Waals surface area contributed by atoms with E-state index in [0.29, 0.717) is 6.41 Å². The van der Waals surface area contributed by atoms with Crippen LogP contribution in [0.1, 0.15) is 13.8 Å². The van der Waals surface area contributed by atoms with Gasteiger partial charge in [-0.15, -0.1) is 0 Å². The Bertz CT molecular complexity index is 110. The van der Waals surface area contributed by atoms with Crippen LogP contribution in [0.4, 0.5) is 0 Å². The van der Waals surface area contributed by atoms with Crippen LogP contribution in [0.15, 0.2) is 0 Å². The van der Waals surface area contributed by atoms with Gasteiger partial charge in [-0.05, 0) is 0 Å². The van der Waals surface area contributed by atoms with Crippen molar-refractivity contribution in [3.63, 3.8) is 0 Å². The quantitative estimate of drug-likeness (QED) is 0.541. The van der Waals surface area contributed by atoms with E-state index < -0.39 is 0 Å². The first kappa shape index (κ1) is 8.14. The second kappa shape index (κ2) is 4.06. The first-order chi connectivity index (χ1) is 4.18. The summed E-state index contributed by atoms with van der Waals surface area (Å²) in [5.74, 6) is 0.0690. The van der Waals surface area contributed by atoms with E-state index in [-0.39, 0.29) is 18.2 Å². The molecule has 0 aliphatic heterocycles. The molecule has 0 atom stereocenters. The maximum Gasteiger partial charge on any atom is 0.207 e. The number of carbonyl (C=O) groups excluding carboxylic acids is 2. The van der Waals surface area contributed by atoms with Crippen molar-refractivity contribution in [2.75, 3.05) is 6.54 Å². The van der Waals surface area contributed by atoms with Crippen LogP contribution in [0.3, 0.4) is 0 Å². The summed E-state index contributed by atoms with van der Waals surface area (Å²) < 4.78 is 0. The lowest BCUT2D eigenvalue weighted by molar-refractivity contribution is -0.122. The Hall–Kier alpha value is -0.860. The highest BCUT2D eigenvalue weighted by Crippen LogP contribution is 1.90. The zero-order valence-electron chi connectivity index (χ0n) is 5.68. The molecule has 0 rings (SSSR count). The highest BCUT2D eigenvalue weighted by Gasteiger charge is 2.04. The number of hydrogen-bond acceptors (Lipinski definition) is 2. The average molecular weight is 129 g/mol. The molecule has 0 saturated carbocycles. The summed E-state index contributed by atoms with van der Waals surface area (Å²) in [6.45, 7) is 3.75. The topological polar surface area (TPSA) is 46.2 Å². The van der Waals surface area contributed by atoms with Gasteiger partial charge in [0.05, 0.1) is 6.54 Å². The van der Waals surface area contributed by atoms with E-state index in [9.17, 15) is 9.59 Å². The Morgan fingerprint density at radius 2 is 2.22 bits per heavy atom. The Labute approximate surface area is 54.4 Å². The third kappa shape index (κ3) is 3.70. The molecule has 0 aromatic carbocycles. The molecule has 0 aromatic heterocycles. The lowest BCUT2D eigenvalue weighted by Gasteiger charge is -2.00. The van der Waals surface area contributed by atoms with Crippen LogP contribution in [0.25, 0.3) is 0 Å². The van der Waals surface area contributed by atoms with Gasteiger partial charge in [0.2, 0.25) is 6.41 Å². The minimum atomic E-state index is 0.0115. The van der Waals surface area contributed by atoms with E-state index in [4.69, 9.17) is 0 Å². The summed E-state index contributed by atoms with van der Waals surface area (Å²) in [7, 11) is 0. The van der Waals surface area contributed by atoms with Crippen LogP contribution in [-0.4, -0.2) is 18.7 Å². The fourth-order valence-corrected chi connectivity index (χ4v) is 0.346.